The van der Waals surface area contributed by atoms with Crippen molar-refractivity contribution in [2.45, 2.75) is 52.5 Å². The molecule has 1 aliphatic rings. The van der Waals surface area contributed by atoms with Crippen LogP contribution in [0, 0.1) is 20.2 Å². The van der Waals surface area contributed by atoms with E-state index in [0.29, 0.717) is 44.3 Å². The molecule has 0 spiro atoms. The highest BCUT2D eigenvalue weighted by Gasteiger charge is 2.37. The second-order valence-corrected chi connectivity index (χ2v) is 10.9. The molecule has 2 aromatic rings. The van der Waals surface area contributed by atoms with Crippen LogP contribution >= 0.6 is 15.9 Å². The molecule has 13 nitrogen and oxygen atoms in total. The number of benzene rings is 2. The number of carbonyl (C=O) groups is 1. The number of nitro groups is 2. The van der Waals surface area contributed by atoms with Gasteiger partial charge in [-0.25, -0.2) is 0 Å². The van der Waals surface area contributed by atoms with E-state index in [0.717, 1.165) is 29.8 Å². The second kappa shape index (κ2) is 13.2. The summed E-state index contributed by atoms with van der Waals surface area (Å²) in [6.07, 6.45) is 0.842. The molecule has 40 heavy (non-hydrogen) atoms. The molecule has 0 fully saturated rings. The summed E-state index contributed by atoms with van der Waals surface area (Å²) in [6, 6.07) is 5.61. The predicted octanol–water partition coefficient (Wildman–Crippen LogP) is 6.78. The van der Waals surface area contributed by atoms with Crippen LogP contribution in [0.3, 0.4) is 0 Å². The molecule has 1 aliphatic heterocycles. The zero-order valence-corrected chi connectivity index (χ0v) is 24.7. The highest BCUT2D eigenvalue weighted by molar-refractivity contribution is 9.10. The number of nitrogens with zero attached hydrogens (tertiary/aromatic N) is 5. The quantitative estimate of drug-likeness (QED) is 0.117. The number of carbonyl (C=O) groups excluding carboxylic acids is 1. The summed E-state index contributed by atoms with van der Waals surface area (Å²) in [5, 5.41) is 34.0. The maximum atomic E-state index is 12.1. The molecule has 0 bridgehead atoms. The monoisotopic (exact) mass is 620 g/mol. The van der Waals surface area contributed by atoms with Crippen molar-refractivity contribution in [3.63, 3.8) is 0 Å². The Balaban J connectivity index is 2.04. The van der Waals surface area contributed by atoms with E-state index in [9.17, 15) is 25.0 Å². The first-order valence-electron chi connectivity index (χ1n) is 12.8. The normalized spacial score (nSPS) is 16.1. The average molecular weight is 621 g/mol. The number of rotatable bonds is 12. The van der Waals surface area contributed by atoms with Crippen LogP contribution in [0.2, 0.25) is 0 Å². The fraction of sp³-hybridized carbons (Fsp3) is 0.500. The zero-order valence-electron chi connectivity index (χ0n) is 23.1. The predicted molar refractivity (Wildman–Crippen MR) is 154 cm³/mol. The Morgan fingerprint density at radius 2 is 1.82 bits per heavy atom. The number of ether oxygens (including phenoxy) is 2. The molecule has 0 aliphatic carbocycles. The first-order valence-corrected chi connectivity index (χ1v) is 13.6. The van der Waals surface area contributed by atoms with Gasteiger partial charge in [-0.15, -0.1) is 10.2 Å². The molecule has 2 aromatic carbocycles. The largest absolute Gasteiger partial charge is 0.379 e. The van der Waals surface area contributed by atoms with Crippen LogP contribution in [-0.4, -0.2) is 54.3 Å². The van der Waals surface area contributed by atoms with Crippen LogP contribution in [0.4, 0.5) is 34.1 Å². The van der Waals surface area contributed by atoms with Gasteiger partial charge in [0.2, 0.25) is 5.91 Å². The summed E-state index contributed by atoms with van der Waals surface area (Å²) in [5.74, 6) is -0.186. The third-order valence-corrected chi connectivity index (χ3v) is 7.15. The van der Waals surface area contributed by atoms with Crippen LogP contribution in [-0.2, 0) is 14.3 Å². The van der Waals surface area contributed by atoms with Gasteiger partial charge >= 0.3 is 5.69 Å². The molecule has 14 heteroatoms. The lowest BCUT2D eigenvalue weighted by molar-refractivity contribution is -0.393. The van der Waals surface area contributed by atoms with Crippen LogP contribution in [0.1, 0.15) is 52.5 Å². The summed E-state index contributed by atoms with van der Waals surface area (Å²) in [4.78, 5) is 35.7. The Labute approximate surface area is 240 Å². The minimum Gasteiger partial charge on any atom is -0.379 e. The SMILES string of the molecule is CCOCCOCCN1c2cc(NC(C)=O)c(N=Nc3c(Br)cc([N+](=O)[O-])cc3[N+](=O)[O-])cc2C(C)CC1(C)C. The number of anilines is 2. The number of nitrogens with one attached hydrogen (secondary N) is 1. The number of amides is 1. The number of non-ortho nitro benzene ring substituents is 1. The van der Waals surface area contributed by atoms with Crippen LogP contribution in [0.15, 0.2) is 39.0 Å². The number of fused-ring (bicyclic) bond motifs is 1. The third kappa shape index (κ3) is 7.37. The first kappa shape index (κ1) is 31.0. The first-order chi connectivity index (χ1) is 18.9. The molecule has 1 heterocycles. The molecule has 1 N–H and O–H groups in total. The summed E-state index contributed by atoms with van der Waals surface area (Å²) < 4.78 is 11.1. The molecule has 1 atom stereocenters. The Kier molecular flexibility index (Phi) is 10.3. The van der Waals surface area contributed by atoms with Crippen LogP contribution in [0.25, 0.3) is 0 Å². The highest BCUT2D eigenvalue weighted by atomic mass is 79.9. The number of nitro benzene ring substituents is 2. The minimum absolute atomic E-state index is 0.0433. The lowest BCUT2D eigenvalue weighted by atomic mass is 9.79. The summed E-state index contributed by atoms with van der Waals surface area (Å²) in [7, 11) is 0. The summed E-state index contributed by atoms with van der Waals surface area (Å²) >= 11 is 3.14. The molecule has 3 rings (SSSR count). The van der Waals surface area contributed by atoms with Crippen molar-refractivity contribution >= 4 is 56.0 Å². The molecular formula is C26H33BrN6O7. The summed E-state index contributed by atoms with van der Waals surface area (Å²) in [5.41, 5.74) is 1.17. The zero-order chi connectivity index (χ0) is 29.6. The molecule has 216 valence electrons. The molecule has 1 unspecified atom stereocenters. The van der Waals surface area contributed by atoms with E-state index in [1.807, 2.05) is 19.1 Å². The van der Waals surface area contributed by atoms with E-state index < -0.39 is 21.2 Å². The van der Waals surface area contributed by atoms with E-state index in [1.165, 1.54) is 6.92 Å². The lowest BCUT2D eigenvalue weighted by Gasteiger charge is -2.47. The van der Waals surface area contributed by atoms with Gasteiger partial charge in [-0.05, 0) is 66.7 Å². The maximum Gasteiger partial charge on any atom is 0.304 e. The third-order valence-electron chi connectivity index (χ3n) is 6.54. The number of azo groups is 1. The van der Waals surface area contributed by atoms with Gasteiger partial charge in [0.15, 0.2) is 5.69 Å². The van der Waals surface area contributed by atoms with Crippen LogP contribution < -0.4 is 10.2 Å². The molecule has 0 saturated carbocycles. The smallest absolute Gasteiger partial charge is 0.304 e. The Bertz CT molecular complexity index is 1320. The van der Waals surface area contributed by atoms with E-state index >= 15 is 0 Å². The van der Waals surface area contributed by atoms with Crippen molar-refractivity contribution in [3.05, 3.63) is 54.5 Å². The fourth-order valence-corrected chi connectivity index (χ4v) is 5.37. The Morgan fingerprint density at radius 1 is 1.12 bits per heavy atom. The number of hydrogen-bond acceptors (Lipinski definition) is 10. The standard InChI is InChI=1S/C26H33BrN6O7/c1-6-39-9-10-40-8-7-31-23-14-21(28-17(3)34)22(13-19(23)16(2)15-26(31,4)5)29-30-25-20(27)11-18(32(35)36)12-24(25)33(37)38/h11-14,16H,6-10,15H2,1-5H3,(H,28,34). The molecule has 0 saturated heterocycles. The number of hydrogen-bond donors (Lipinski definition) is 1. The van der Waals surface area contributed by atoms with Crippen molar-refractivity contribution in [1.29, 1.82) is 0 Å². The fourth-order valence-electron chi connectivity index (χ4n) is 4.85. The number of halogens is 1. The Morgan fingerprint density at radius 3 is 2.45 bits per heavy atom. The average Bonchev–Trinajstić information content (AvgIpc) is 2.86. The maximum absolute atomic E-state index is 12.1. The van der Waals surface area contributed by atoms with Crippen molar-refractivity contribution in [3.8, 4) is 0 Å². The van der Waals surface area contributed by atoms with Gasteiger partial charge in [-0.2, -0.15) is 0 Å². The van der Waals surface area contributed by atoms with E-state index in [-0.39, 0.29) is 27.5 Å². The van der Waals surface area contributed by atoms with Gasteiger partial charge in [0.1, 0.15) is 5.69 Å². The topological polar surface area (TPSA) is 162 Å². The van der Waals surface area contributed by atoms with Crippen molar-refractivity contribution in [2.75, 3.05) is 43.2 Å². The van der Waals surface area contributed by atoms with Gasteiger partial charge in [0, 0.05) is 37.4 Å². The van der Waals surface area contributed by atoms with Crippen molar-refractivity contribution in [1.82, 2.24) is 0 Å². The lowest BCUT2D eigenvalue weighted by Crippen LogP contribution is -2.49. The minimum atomic E-state index is -0.758. The van der Waals surface area contributed by atoms with Gasteiger partial charge in [0.25, 0.3) is 5.69 Å². The van der Waals surface area contributed by atoms with Gasteiger partial charge in [0.05, 0.1) is 45.9 Å². The Hall–Kier alpha value is -3.49. The summed E-state index contributed by atoms with van der Waals surface area (Å²) in [6.45, 7) is 12.5. The van der Waals surface area contributed by atoms with Crippen LogP contribution in [0.5, 0.6) is 0 Å². The molecule has 1 amide bonds. The molecular weight excluding hydrogens is 588 g/mol. The molecule has 0 radical (unpaired) electrons. The van der Waals surface area contributed by atoms with E-state index in [1.54, 1.807) is 0 Å². The van der Waals surface area contributed by atoms with Crippen molar-refractivity contribution < 1.29 is 24.1 Å². The molecule has 0 aromatic heterocycles. The van der Waals surface area contributed by atoms with Gasteiger partial charge in [-0.3, -0.25) is 25.0 Å². The van der Waals surface area contributed by atoms with E-state index in [4.69, 9.17) is 9.47 Å². The van der Waals surface area contributed by atoms with E-state index in [2.05, 4.69) is 57.1 Å². The highest BCUT2D eigenvalue weighted by Crippen LogP contribution is 2.48. The van der Waals surface area contributed by atoms with Crippen molar-refractivity contribution in [2.24, 2.45) is 10.2 Å². The second-order valence-electron chi connectivity index (χ2n) is 10.00. The van der Waals surface area contributed by atoms with Gasteiger partial charge in [-0.1, -0.05) is 6.92 Å². The van der Waals surface area contributed by atoms with Gasteiger partial charge < -0.3 is 19.7 Å².